The van der Waals surface area contributed by atoms with E-state index in [1.165, 1.54) is 12.1 Å². The minimum absolute atomic E-state index is 0.264. The molecule has 0 aliphatic rings. The average Bonchev–Trinajstić information content (AvgIpc) is 3.38. The maximum atomic E-state index is 13.5. The van der Waals surface area contributed by atoms with Gasteiger partial charge in [0.2, 0.25) is 0 Å². The second kappa shape index (κ2) is 10.5. The van der Waals surface area contributed by atoms with Crippen molar-refractivity contribution in [3.63, 3.8) is 0 Å². The van der Waals surface area contributed by atoms with Gasteiger partial charge in [0.15, 0.2) is 5.69 Å². The number of pyridine rings is 2. The quantitative estimate of drug-likeness (QED) is 0.244. The number of aromatic amines is 1. The summed E-state index contributed by atoms with van der Waals surface area (Å²) in [5.41, 5.74) is 4.83. The number of aromatic nitrogens is 4. The molecule has 0 atom stereocenters. The lowest BCUT2D eigenvalue weighted by atomic mass is 10.0. The number of carbonyl (C=O) groups excluding carboxylic acids is 1. The van der Waals surface area contributed by atoms with Crippen molar-refractivity contribution < 1.29 is 13.9 Å². The number of ether oxygens (including phenoxy) is 1. The summed E-state index contributed by atoms with van der Waals surface area (Å²) in [6.45, 7) is 0. The number of fused-ring (bicyclic) bond motifs is 1. The summed E-state index contributed by atoms with van der Waals surface area (Å²) >= 11 is 0. The first kappa shape index (κ1) is 24.0. The first-order valence-electron chi connectivity index (χ1n) is 12.3. The number of hydrogen-bond acceptors (Lipinski definition) is 5. The predicted octanol–water partition coefficient (Wildman–Crippen LogP) is 6.79. The highest BCUT2D eigenvalue weighted by Gasteiger charge is 2.16. The number of halogens is 1. The van der Waals surface area contributed by atoms with E-state index in [9.17, 15) is 9.18 Å². The normalized spacial score (nSPS) is 10.9. The third-order valence-electron chi connectivity index (χ3n) is 6.16. The van der Waals surface area contributed by atoms with E-state index < -0.39 is 0 Å². The topological polar surface area (TPSA) is 92.8 Å². The number of rotatable bonds is 7. The Hall–Kier alpha value is -5.37. The van der Waals surface area contributed by atoms with E-state index in [4.69, 9.17) is 4.74 Å². The molecule has 6 rings (SSSR count). The molecule has 3 heterocycles. The molecule has 0 fully saturated rings. The fourth-order valence-corrected chi connectivity index (χ4v) is 4.27. The van der Waals surface area contributed by atoms with Crippen LogP contribution in [-0.4, -0.2) is 26.1 Å². The van der Waals surface area contributed by atoms with Crippen LogP contribution < -0.4 is 10.1 Å². The maximum Gasteiger partial charge on any atom is 0.276 e. The van der Waals surface area contributed by atoms with Crippen molar-refractivity contribution in [1.29, 1.82) is 0 Å². The molecule has 3 aromatic carbocycles. The fourth-order valence-electron chi connectivity index (χ4n) is 4.27. The number of nitrogens with one attached hydrogen (secondary N) is 2. The molecule has 0 saturated carbocycles. The van der Waals surface area contributed by atoms with E-state index in [1.54, 1.807) is 36.8 Å². The van der Waals surface area contributed by atoms with Crippen molar-refractivity contribution in [2.24, 2.45) is 0 Å². The lowest BCUT2D eigenvalue weighted by Crippen LogP contribution is -2.13. The van der Waals surface area contributed by atoms with Gasteiger partial charge in [-0.25, -0.2) is 4.39 Å². The van der Waals surface area contributed by atoms with Crippen LogP contribution in [0.15, 0.2) is 110 Å². The maximum absolute atomic E-state index is 13.5. The van der Waals surface area contributed by atoms with Crippen LogP contribution in [0.3, 0.4) is 0 Å². The van der Waals surface area contributed by atoms with Gasteiger partial charge in [-0.2, -0.15) is 5.10 Å². The molecule has 7 nitrogen and oxygen atoms in total. The summed E-state index contributed by atoms with van der Waals surface area (Å²) < 4.78 is 19.4. The van der Waals surface area contributed by atoms with Gasteiger partial charge in [0.25, 0.3) is 5.91 Å². The molecule has 2 N–H and O–H groups in total. The summed E-state index contributed by atoms with van der Waals surface area (Å²) in [5.74, 6) is 0.683. The minimum Gasteiger partial charge on any atom is -0.456 e. The van der Waals surface area contributed by atoms with Gasteiger partial charge in [0.1, 0.15) is 17.3 Å². The van der Waals surface area contributed by atoms with E-state index in [1.807, 2.05) is 60.7 Å². The predicted molar refractivity (Wildman–Crippen MR) is 147 cm³/mol. The van der Waals surface area contributed by atoms with Crippen molar-refractivity contribution in [1.82, 2.24) is 20.2 Å². The van der Waals surface area contributed by atoms with Gasteiger partial charge < -0.3 is 10.1 Å². The highest BCUT2D eigenvalue weighted by atomic mass is 19.1. The van der Waals surface area contributed by atoms with E-state index in [0.29, 0.717) is 23.2 Å². The number of carbonyl (C=O) groups is 1. The highest BCUT2D eigenvalue weighted by molar-refractivity contribution is 6.11. The zero-order valence-corrected chi connectivity index (χ0v) is 20.6. The van der Waals surface area contributed by atoms with Gasteiger partial charge >= 0.3 is 0 Å². The second-order valence-corrected chi connectivity index (χ2v) is 8.96. The van der Waals surface area contributed by atoms with Crippen LogP contribution in [0.2, 0.25) is 0 Å². The Balaban J connectivity index is 1.20. The summed E-state index contributed by atoms with van der Waals surface area (Å²) in [7, 11) is 0. The zero-order chi connectivity index (χ0) is 26.6. The number of hydrogen-bond donors (Lipinski definition) is 2. The molecular formula is C31H22FN5O2. The standard InChI is InChI=1S/C31H22FN5O2/c32-23-6-4-5-20(13-23)14-24-10-11-25(18-34-24)35-31(38)30-28-16-21(9-12-29(28)36-37-30)22-15-27(19-33-17-22)39-26-7-2-1-3-8-26/h1-13,15-19H,14H2,(H,35,38)(H,36,37). The van der Waals surface area contributed by atoms with E-state index in [0.717, 1.165) is 33.7 Å². The molecule has 0 radical (unpaired) electrons. The van der Waals surface area contributed by atoms with Crippen LogP contribution in [0.5, 0.6) is 11.5 Å². The Morgan fingerprint density at radius 3 is 2.56 bits per heavy atom. The zero-order valence-electron chi connectivity index (χ0n) is 20.6. The molecule has 39 heavy (non-hydrogen) atoms. The van der Waals surface area contributed by atoms with Crippen LogP contribution in [0.4, 0.5) is 10.1 Å². The second-order valence-electron chi connectivity index (χ2n) is 8.96. The van der Waals surface area contributed by atoms with E-state index in [-0.39, 0.29) is 17.4 Å². The molecule has 3 aromatic heterocycles. The first-order valence-corrected chi connectivity index (χ1v) is 12.3. The van der Waals surface area contributed by atoms with Crippen LogP contribution in [0.25, 0.3) is 22.0 Å². The Labute approximate surface area is 223 Å². The molecule has 6 aromatic rings. The number of nitrogens with zero attached hydrogens (tertiary/aromatic N) is 3. The molecule has 0 saturated heterocycles. The third-order valence-corrected chi connectivity index (χ3v) is 6.16. The summed E-state index contributed by atoms with van der Waals surface area (Å²) in [5, 5.41) is 10.7. The number of H-pyrrole nitrogens is 1. The number of para-hydroxylation sites is 1. The summed E-state index contributed by atoms with van der Waals surface area (Å²) in [4.78, 5) is 21.8. The molecule has 0 bridgehead atoms. The number of amides is 1. The smallest absolute Gasteiger partial charge is 0.276 e. The highest BCUT2D eigenvalue weighted by Crippen LogP contribution is 2.29. The van der Waals surface area contributed by atoms with Crippen LogP contribution in [0, 0.1) is 5.82 Å². The first-order chi connectivity index (χ1) is 19.1. The molecule has 190 valence electrons. The number of benzene rings is 3. The van der Waals surface area contributed by atoms with Gasteiger partial charge in [-0.05, 0) is 65.7 Å². The lowest BCUT2D eigenvalue weighted by Gasteiger charge is -2.08. The van der Waals surface area contributed by atoms with Gasteiger partial charge in [-0.15, -0.1) is 0 Å². The molecule has 0 aliphatic heterocycles. The number of anilines is 1. The molecule has 0 spiro atoms. The largest absolute Gasteiger partial charge is 0.456 e. The minimum atomic E-state index is -0.364. The van der Waals surface area contributed by atoms with Crippen molar-refractivity contribution in [2.75, 3.05) is 5.32 Å². The average molecular weight is 516 g/mol. The van der Waals surface area contributed by atoms with Crippen LogP contribution in [0.1, 0.15) is 21.7 Å². The van der Waals surface area contributed by atoms with Gasteiger partial charge in [0, 0.05) is 29.3 Å². The SMILES string of the molecule is O=C(Nc1ccc(Cc2cccc(F)c2)nc1)c1n[nH]c2ccc(-c3cncc(Oc4ccccc4)c3)cc12. The Bertz CT molecular complexity index is 1770. The molecule has 1 amide bonds. The Morgan fingerprint density at radius 1 is 0.846 bits per heavy atom. The fraction of sp³-hybridized carbons (Fsp3) is 0.0323. The van der Waals surface area contributed by atoms with E-state index >= 15 is 0 Å². The van der Waals surface area contributed by atoms with Gasteiger partial charge in [0.05, 0.1) is 23.6 Å². The Kier molecular flexibility index (Phi) is 6.49. The summed E-state index contributed by atoms with van der Waals surface area (Å²) in [6.07, 6.45) is 5.47. The van der Waals surface area contributed by atoms with Crippen LogP contribution >= 0.6 is 0 Å². The Morgan fingerprint density at radius 2 is 1.74 bits per heavy atom. The lowest BCUT2D eigenvalue weighted by molar-refractivity contribution is 0.102. The van der Waals surface area contributed by atoms with Crippen LogP contribution in [-0.2, 0) is 6.42 Å². The van der Waals surface area contributed by atoms with Crippen molar-refractivity contribution in [2.45, 2.75) is 6.42 Å². The third kappa shape index (κ3) is 5.50. The van der Waals surface area contributed by atoms with E-state index in [2.05, 4.69) is 25.5 Å². The molecule has 0 aliphatic carbocycles. The van der Waals surface area contributed by atoms with Gasteiger partial charge in [-0.3, -0.25) is 19.9 Å². The molecule has 8 heteroatoms. The van der Waals surface area contributed by atoms with Gasteiger partial charge in [-0.1, -0.05) is 36.4 Å². The molecule has 0 unspecified atom stereocenters. The monoisotopic (exact) mass is 515 g/mol. The summed E-state index contributed by atoms with van der Waals surface area (Å²) in [6, 6.07) is 27.1. The van der Waals surface area contributed by atoms with Crippen molar-refractivity contribution in [3.8, 4) is 22.6 Å². The van der Waals surface area contributed by atoms with Crippen molar-refractivity contribution in [3.05, 3.63) is 132 Å². The van der Waals surface area contributed by atoms with Crippen molar-refractivity contribution >= 4 is 22.5 Å². The molecular weight excluding hydrogens is 493 g/mol.